The van der Waals surface area contributed by atoms with E-state index in [1.165, 1.54) is 12.1 Å². The normalized spacial score (nSPS) is 10.4. The second-order valence-corrected chi connectivity index (χ2v) is 4.95. The van der Waals surface area contributed by atoms with Gasteiger partial charge in [0.25, 0.3) is 0 Å². The molecule has 0 heterocycles. The number of ether oxygens (including phenoxy) is 1. The first-order valence-corrected chi connectivity index (χ1v) is 6.60. The summed E-state index contributed by atoms with van der Waals surface area (Å²) in [6.45, 7) is 4.56. The van der Waals surface area contributed by atoms with Gasteiger partial charge in [-0.3, -0.25) is 0 Å². The standard InChI is InChI=1S/C15H14BrFO/c1-3-18-15-10(2)8-12(16)9-14(15)11-4-6-13(17)7-5-11/h4-9H,3H2,1-2H3. The highest BCUT2D eigenvalue weighted by atomic mass is 79.9. The molecule has 2 aromatic carbocycles. The maximum atomic E-state index is 13.0. The number of rotatable bonds is 3. The summed E-state index contributed by atoms with van der Waals surface area (Å²) >= 11 is 3.48. The fourth-order valence-corrected chi connectivity index (χ4v) is 2.48. The van der Waals surface area contributed by atoms with Crippen molar-refractivity contribution in [3.05, 3.63) is 52.3 Å². The van der Waals surface area contributed by atoms with Gasteiger partial charge in [-0.1, -0.05) is 28.1 Å². The Balaban J connectivity index is 2.57. The number of hydrogen-bond donors (Lipinski definition) is 0. The van der Waals surface area contributed by atoms with Gasteiger partial charge in [0.15, 0.2) is 0 Å². The molecular weight excluding hydrogens is 295 g/mol. The van der Waals surface area contributed by atoms with E-state index in [1.54, 1.807) is 12.1 Å². The van der Waals surface area contributed by atoms with Crippen LogP contribution in [0.4, 0.5) is 4.39 Å². The predicted molar refractivity (Wildman–Crippen MR) is 75.4 cm³/mol. The molecule has 0 aliphatic carbocycles. The molecule has 0 fully saturated rings. The molecule has 0 saturated carbocycles. The third-order valence-corrected chi connectivity index (χ3v) is 3.14. The highest BCUT2D eigenvalue weighted by Gasteiger charge is 2.10. The minimum absolute atomic E-state index is 0.233. The SMILES string of the molecule is CCOc1c(C)cc(Br)cc1-c1ccc(F)cc1. The second kappa shape index (κ2) is 5.53. The van der Waals surface area contributed by atoms with Crippen LogP contribution in [0.15, 0.2) is 40.9 Å². The van der Waals surface area contributed by atoms with Crippen molar-refractivity contribution in [3.63, 3.8) is 0 Å². The van der Waals surface area contributed by atoms with E-state index in [4.69, 9.17) is 4.74 Å². The number of halogens is 2. The zero-order valence-electron chi connectivity index (χ0n) is 10.3. The maximum absolute atomic E-state index is 13.0. The van der Waals surface area contributed by atoms with E-state index in [0.717, 1.165) is 26.9 Å². The van der Waals surface area contributed by atoms with Crippen LogP contribution in [0.2, 0.25) is 0 Å². The lowest BCUT2D eigenvalue weighted by Crippen LogP contribution is -1.97. The van der Waals surface area contributed by atoms with Crippen molar-refractivity contribution in [2.75, 3.05) is 6.61 Å². The first-order valence-electron chi connectivity index (χ1n) is 5.80. The van der Waals surface area contributed by atoms with Gasteiger partial charge in [-0.05, 0) is 49.2 Å². The number of aryl methyl sites for hydroxylation is 1. The minimum Gasteiger partial charge on any atom is -0.493 e. The summed E-state index contributed by atoms with van der Waals surface area (Å²) in [7, 11) is 0. The van der Waals surface area contributed by atoms with E-state index in [9.17, 15) is 4.39 Å². The summed E-state index contributed by atoms with van der Waals surface area (Å²) in [4.78, 5) is 0. The van der Waals surface area contributed by atoms with Gasteiger partial charge in [-0.25, -0.2) is 4.39 Å². The number of benzene rings is 2. The molecule has 3 heteroatoms. The van der Waals surface area contributed by atoms with Crippen LogP contribution in [0.5, 0.6) is 5.75 Å². The molecule has 1 nitrogen and oxygen atoms in total. The number of hydrogen-bond acceptors (Lipinski definition) is 1. The largest absolute Gasteiger partial charge is 0.493 e. The molecule has 0 unspecified atom stereocenters. The zero-order valence-corrected chi connectivity index (χ0v) is 11.9. The fraction of sp³-hybridized carbons (Fsp3) is 0.200. The molecule has 0 N–H and O–H groups in total. The molecule has 0 aliphatic rings. The Labute approximate surface area is 115 Å². The van der Waals surface area contributed by atoms with E-state index >= 15 is 0 Å². The summed E-state index contributed by atoms with van der Waals surface area (Å²) in [6.07, 6.45) is 0. The van der Waals surface area contributed by atoms with Gasteiger partial charge in [0.2, 0.25) is 0 Å². The Kier molecular flexibility index (Phi) is 4.02. The van der Waals surface area contributed by atoms with Crippen LogP contribution < -0.4 is 4.74 Å². The van der Waals surface area contributed by atoms with Crippen molar-refractivity contribution in [2.24, 2.45) is 0 Å². The average molecular weight is 309 g/mol. The second-order valence-electron chi connectivity index (χ2n) is 4.04. The Morgan fingerprint density at radius 3 is 2.44 bits per heavy atom. The van der Waals surface area contributed by atoms with Gasteiger partial charge in [-0.2, -0.15) is 0 Å². The van der Waals surface area contributed by atoms with E-state index in [2.05, 4.69) is 15.9 Å². The average Bonchev–Trinajstić information content (AvgIpc) is 2.33. The van der Waals surface area contributed by atoms with Crippen LogP contribution in [0.3, 0.4) is 0 Å². The smallest absolute Gasteiger partial charge is 0.130 e. The molecule has 0 spiro atoms. The van der Waals surface area contributed by atoms with E-state index < -0.39 is 0 Å². The van der Waals surface area contributed by atoms with Crippen molar-refractivity contribution < 1.29 is 9.13 Å². The molecule has 2 aromatic rings. The van der Waals surface area contributed by atoms with Crippen molar-refractivity contribution >= 4 is 15.9 Å². The van der Waals surface area contributed by atoms with Crippen molar-refractivity contribution in [1.29, 1.82) is 0 Å². The summed E-state index contributed by atoms with van der Waals surface area (Å²) in [5.41, 5.74) is 2.98. The van der Waals surface area contributed by atoms with Crippen LogP contribution in [0, 0.1) is 12.7 Å². The molecule has 0 amide bonds. The quantitative estimate of drug-likeness (QED) is 0.778. The fourth-order valence-electron chi connectivity index (χ4n) is 1.91. The topological polar surface area (TPSA) is 9.23 Å². The van der Waals surface area contributed by atoms with Gasteiger partial charge in [0.05, 0.1) is 6.61 Å². The molecule has 18 heavy (non-hydrogen) atoms. The Bertz CT molecular complexity index is 549. The third kappa shape index (κ3) is 2.72. The lowest BCUT2D eigenvalue weighted by molar-refractivity contribution is 0.339. The van der Waals surface area contributed by atoms with Gasteiger partial charge >= 0.3 is 0 Å². The molecule has 0 bridgehead atoms. The van der Waals surface area contributed by atoms with Crippen molar-refractivity contribution in [3.8, 4) is 16.9 Å². The highest BCUT2D eigenvalue weighted by molar-refractivity contribution is 9.10. The predicted octanol–water partition coefficient (Wildman–Crippen LogP) is 4.96. The molecule has 0 radical (unpaired) electrons. The summed E-state index contributed by atoms with van der Waals surface area (Å²) in [5.74, 6) is 0.621. The van der Waals surface area contributed by atoms with Gasteiger partial charge in [0, 0.05) is 10.0 Å². The molecular formula is C15H14BrFO. The summed E-state index contributed by atoms with van der Waals surface area (Å²) < 4.78 is 19.7. The molecule has 2 rings (SSSR count). The van der Waals surface area contributed by atoms with E-state index in [-0.39, 0.29) is 5.82 Å². The van der Waals surface area contributed by atoms with Gasteiger partial charge < -0.3 is 4.74 Å². The first-order chi connectivity index (χ1) is 8.61. The third-order valence-electron chi connectivity index (χ3n) is 2.68. The molecule has 0 saturated heterocycles. The minimum atomic E-state index is -0.233. The summed E-state index contributed by atoms with van der Waals surface area (Å²) in [6, 6.07) is 10.4. The molecule has 0 aliphatic heterocycles. The summed E-state index contributed by atoms with van der Waals surface area (Å²) in [5, 5.41) is 0. The van der Waals surface area contributed by atoms with E-state index in [0.29, 0.717) is 6.61 Å². The first kappa shape index (κ1) is 13.1. The molecule has 94 valence electrons. The Hall–Kier alpha value is -1.35. The monoisotopic (exact) mass is 308 g/mol. The van der Waals surface area contributed by atoms with Gasteiger partial charge in [-0.15, -0.1) is 0 Å². The van der Waals surface area contributed by atoms with Crippen molar-refractivity contribution in [2.45, 2.75) is 13.8 Å². The maximum Gasteiger partial charge on any atom is 0.130 e. The van der Waals surface area contributed by atoms with Crippen LogP contribution in [0.1, 0.15) is 12.5 Å². The molecule has 0 aromatic heterocycles. The highest BCUT2D eigenvalue weighted by Crippen LogP contribution is 2.36. The van der Waals surface area contributed by atoms with Crippen LogP contribution in [-0.4, -0.2) is 6.61 Å². The molecule has 0 atom stereocenters. The van der Waals surface area contributed by atoms with E-state index in [1.807, 2.05) is 26.0 Å². The Morgan fingerprint density at radius 2 is 1.83 bits per heavy atom. The zero-order chi connectivity index (χ0) is 13.1. The van der Waals surface area contributed by atoms with Crippen molar-refractivity contribution in [1.82, 2.24) is 0 Å². The van der Waals surface area contributed by atoms with Crippen LogP contribution in [-0.2, 0) is 0 Å². The van der Waals surface area contributed by atoms with Crippen LogP contribution in [0.25, 0.3) is 11.1 Å². The van der Waals surface area contributed by atoms with Crippen LogP contribution >= 0.6 is 15.9 Å². The lowest BCUT2D eigenvalue weighted by Gasteiger charge is -2.14. The van der Waals surface area contributed by atoms with Gasteiger partial charge in [0.1, 0.15) is 11.6 Å². The Morgan fingerprint density at radius 1 is 1.17 bits per heavy atom. The lowest BCUT2D eigenvalue weighted by atomic mass is 10.0.